The third-order valence-corrected chi connectivity index (χ3v) is 1.95. The molecule has 0 aromatic rings. The van der Waals surface area contributed by atoms with E-state index in [1.54, 1.807) is 7.11 Å². The van der Waals surface area contributed by atoms with Crippen LogP contribution in [-0.2, 0) is 9.53 Å². The second-order valence-electron chi connectivity index (χ2n) is 3.43. The highest BCUT2D eigenvalue weighted by molar-refractivity contribution is 14.0. The molecular weight excluding hydrogens is 323 g/mol. The minimum absolute atomic E-state index is 0. The second-order valence-corrected chi connectivity index (χ2v) is 3.43. The first kappa shape index (κ1) is 15.4. The number of carbonyl (C=O) groups excluding carboxylic acids is 1. The van der Waals surface area contributed by atoms with Gasteiger partial charge in [-0.15, -0.1) is 24.0 Å². The van der Waals surface area contributed by atoms with Crippen molar-refractivity contribution in [1.82, 2.24) is 16.0 Å². The average molecular weight is 342 g/mol. The molecule has 1 amide bonds. The van der Waals surface area contributed by atoms with Gasteiger partial charge in [-0.25, -0.2) is 0 Å². The summed E-state index contributed by atoms with van der Waals surface area (Å²) in [5.41, 5.74) is 0. The number of amides is 1. The minimum atomic E-state index is -0.0592. The smallest absolute Gasteiger partial charge is 0.239 e. The number of carbonyl (C=O) groups is 1. The van der Waals surface area contributed by atoms with Gasteiger partial charge in [0.05, 0.1) is 19.7 Å². The Morgan fingerprint density at radius 3 is 3.00 bits per heavy atom. The SMILES string of the molecule is COCCNC(=O)CNC1=NCC(C)N1.I. The lowest BCUT2D eigenvalue weighted by atomic mass is 10.4. The van der Waals surface area contributed by atoms with E-state index in [0.717, 1.165) is 6.54 Å². The third-order valence-electron chi connectivity index (χ3n) is 1.95. The zero-order valence-electron chi connectivity index (χ0n) is 9.58. The molecule has 16 heavy (non-hydrogen) atoms. The number of aliphatic imine (C=N–C) groups is 1. The molecular formula is C9H19IN4O2. The van der Waals surface area contributed by atoms with Crippen molar-refractivity contribution in [3.05, 3.63) is 0 Å². The number of halogens is 1. The second kappa shape index (κ2) is 8.57. The molecule has 7 heteroatoms. The fourth-order valence-electron chi connectivity index (χ4n) is 1.18. The fraction of sp³-hybridized carbons (Fsp3) is 0.778. The Morgan fingerprint density at radius 2 is 2.44 bits per heavy atom. The van der Waals surface area contributed by atoms with Crippen molar-refractivity contribution < 1.29 is 9.53 Å². The lowest BCUT2D eigenvalue weighted by Gasteiger charge is -2.08. The van der Waals surface area contributed by atoms with Crippen LogP contribution in [0.3, 0.4) is 0 Å². The maximum Gasteiger partial charge on any atom is 0.239 e. The first-order valence-electron chi connectivity index (χ1n) is 5.03. The quantitative estimate of drug-likeness (QED) is 0.457. The number of nitrogens with zero attached hydrogens (tertiary/aromatic N) is 1. The van der Waals surface area contributed by atoms with Crippen molar-refractivity contribution in [2.24, 2.45) is 4.99 Å². The number of methoxy groups -OCH3 is 1. The number of nitrogens with one attached hydrogen (secondary N) is 3. The maximum absolute atomic E-state index is 11.2. The molecule has 6 nitrogen and oxygen atoms in total. The zero-order valence-corrected chi connectivity index (χ0v) is 11.9. The van der Waals surface area contributed by atoms with Crippen molar-refractivity contribution in [3.8, 4) is 0 Å². The Hall–Kier alpha value is -0.570. The van der Waals surface area contributed by atoms with Crippen LogP contribution in [0.15, 0.2) is 4.99 Å². The molecule has 0 saturated carbocycles. The minimum Gasteiger partial charge on any atom is -0.383 e. The van der Waals surface area contributed by atoms with Gasteiger partial charge in [-0.1, -0.05) is 0 Å². The largest absolute Gasteiger partial charge is 0.383 e. The molecule has 1 atom stereocenters. The number of ether oxygens (including phenoxy) is 1. The molecule has 0 bridgehead atoms. The van der Waals surface area contributed by atoms with Crippen LogP contribution in [0.1, 0.15) is 6.92 Å². The van der Waals surface area contributed by atoms with E-state index < -0.39 is 0 Å². The molecule has 3 N–H and O–H groups in total. The molecule has 0 aromatic heterocycles. The standard InChI is InChI=1S/C9H18N4O2.HI/c1-7-5-11-9(13-7)12-6-8(14)10-3-4-15-2;/h7H,3-6H2,1-2H3,(H,10,14)(H2,11,12,13);1H. The molecule has 0 aliphatic carbocycles. The van der Waals surface area contributed by atoms with E-state index in [-0.39, 0.29) is 36.4 Å². The van der Waals surface area contributed by atoms with Crippen LogP contribution in [0, 0.1) is 0 Å². The zero-order chi connectivity index (χ0) is 11.1. The molecule has 1 heterocycles. The van der Waals surface area contributed by atoms with E-state index in [1.807, 2.05) is 6.92 Å². The molecule has 0 aromatic carbocycles. The van der Waals surface area contributed by atoms with Gasteiger partial charge in [0, 0.05) is 19.7 Å². The van der Waals surface area contributed by atoms with E-state index in [4.69, 9.17) is 4.74 Å². The van der Waals surface area contributed by atoms with Crippen molar-refractivity contribution in [2.75, 3.05) is 33.4 Å². The third kappa shape index (κ3) is 6.11. The molecule has 1 aliphatic heterocycles. The van der Waals surface area contributed by atoms with Crippen molar-refractivity contribution in [1.29, 1.82) is 0 Å². The van der Waals surface area contributed by atoms with Crippen LogP contribution in [0.2, 0.25) is 0 Å². The predicted octanol–water partition coefficient (Wildman–Crippen LogP) is -0.696. The van der Waals surface area contributed by atoms with E-state index in [2.05, 4.69) is 20.9 Å². The monoisotopic (exact) mass is 342 g/mol. The highest BCUT2D eigenvalue weighted by Crippen LogP contribution is 1.91. The summed E-state index contributed by atoms with van der Waals surface area (Å²) in [6.45, 7) is 4.10. The summed E-state index contributed by atoms with van der Waals surface area (Å²) < 4.78 is 4.81. The summed E-state index contributed by atoms with van der Waals surface area (Å²) in [6.07, 6.45) is 0. The lowest BCUT2D eigenvalue weighted by Crippen LogP contribution is -2.43. The summed E-state index contributed by atoms with van der Waals surface area (Å²) in [7, 11) is 1.60. The predicted molar refractivity (Wildman–Crippen MR) is 73.2 cm³/mol. The summed E-state index contributed by atoms with van der Waals surface area (Å²) in [5.74, 6) is 0.639. The Labute approximate surface area is 113 Å². The normalized spacial score (nSPS) is 18.1. The lowest BCUT2D eigenvalue weighted by molar-refractivity contribution is -0.120. The summed E-state index contributed by atoms with van der Waals surface area (Å²) in [6, 6.07) is 0.351. The molecule has 1 unspecified atom stereocenters. The fourth-order valence-corrected chi connectivity index (χ4v) is 1.18. The molecule has 94 valence electrons. The van der Waals surface area contributed by atoms with Gasteiger partial charge in [0.25, 0.3) is 0 Å². The van der Waals surface area contributed by atoms with Gasteiger partial charge in [0.1, 0.15) is 0 Å². The Kier molecular flexibility index (Phi) is 8.26. The average Bonchev–Trinajstić information content (AvgIpc) is 2.62. The first-order valence-corrected chi connectivity index (χ1v) is 5.03. The van der Waals surface area contributed by atoms with E-state index in [1.165, 1.54) is 0 Å². The van der Waals surface area contributed by atoms with Crippen LogP contribution in [0.5, 0.6) is 0 Å². The Morgan fingerprint density at radius 1 is 1.69 bits per heavy atom. The van der Waals surface area contributed by atoms with Crippen LogP contribution < -0.4 is 16.0 Å². The van der Waals surface area contributed by atoms with Gasteiger partial charge >= 0.3 is 0 Å². The van der Waals surface area contributed by atoms with Crippen LogP contribution in [-0.4, -0.2) is 51.3 Å². The van der Waals surface area contributed by atoms with Crippen LogP contribution in [0.4, 0.5) is 0 Å². The molecule has 0 fully saturated rings. The molecule has 1 rings (SSSR count). The van der Waals surface area contributed by atoms with Gasteiger partial charge in [0.15, 0.2) is 5.96 Å². The number of guanidine groups is 1. The summed E-state index contributed by atoms with van der Waals surface area (Å²) >= 11 is 0. The molecule has 0 spiro atoms. The maximum atomic E-state index is 11.2. The van der Waals surface area contributed by atoms with Gasteiger partial charge < -0.3 is 20.7 Å². The van der Waals surface area contributed by atoms with E-state index in [9.17, 15) is 4.79 Å². The van der Waals surface area contributed by atoms with Gasteiger partial charge in [-0.2, -0.15) is 0 Å². The molecule has 1 aliphatic rings. The highest BCUT2D eigenvalue weighted by Gasteiger charge is 2.12. The highest BCUT2D eigenvalue weighted by atomic mass is 127. The number of rotatable bonds is 5. The Balaban J connectivity index is 0.00000225. The first-order chi connectivity index (χ1) is 7.22. The number of hydrogen-bond acceptors (Lipinski definition) is 5. The van der Waals surface area contributed by atoms with Gasteiger partial charge in [-0.05, 0) is 6.92 Å². The van der Waals surface area contributed by atoms with Crippen molar-refractivity contribution in [3.63, 3.8) is 0 Å². The Bertz CT molecular complexity index is 248. The van der Waals surface area contributed by atoms with Gasteiger partial charge in [-0.3, -0.25) is 9.79 Å². The topological polar surface area (TPSA) is 74.8 Å². The van der Waals surface area contributed by atoms with E-state index >= 15 is 0 Å². The summed E-state index contributed by atoms with van der Waals surface area (Å²) in [4.78, 5) is 15.4. The van der Waals surface area contributed by atoms with E-state index in [0.29, 0.717) is 25.2 Å². The number of hydrogen-bond donors (Lipinski definition) is 3. The molecule has 0 saturated heterocycles. The van der Waals surface area contributed by atoms with Crippen molar-refractivity contribution >= 4 is 35.8 Å². The summed E-state index contributed by atoms with van der Waals surface area (Å²) in [5, 5.41) is 8.74. The van der Waals surface area contributed by atoms with Gasteiger partial charge in [0.2, 0.25) is 5.91 Å². The van der Waals surface area contributed by atoms with Crippen LogP contribution in [0.25, 0.3) is 0 Å². The molecule has 0 radical (unpaired) electrons. The van der Waals surface area contributed by atoms with Crippen LogP contribution >= 0.6 is 24.0 Å². The van der Waals surface area contributed by atoms with Crippen molar-refractivity contribution in [2.45, 2.75) is 13.0 Å².